The lowest BCUT2D eigenvalue weighted by Gasteiger charge is -2.12. The molecule has 0 aliphatic carbocycles. The first kappa shape index (κ1) is 18.7. The van der Waals surface area contributed by atoms with Crippen LogP contribution in [0, 0.1) is 0 Å². The minimum atomic E-state index is -0.250. The van der Waals surface area contributed by atoms with Gasteiger partial charge >= 0.3 is 0 Å². The van der Waals surface area contributed by atoms with Gasteiger partial charge in [0.1, 0.15) is 10.6 Å². The molecule has 0 aliphatic heterocycles. The number of carbonyl (C=O) groups excluding carboxylic acids is 1. The van der Waals surface area contributed by atoms with E-state index < -0.39 is 0 Å². The number of thiophene rings is 1. The van der Waals surface area contributed by atoms with E-state index in [1.165, 1.54) is 33.9 Å². The van der Waals surface area contributed by atoms with E-state index in [0.717, 1.165) is 0 Å². The molecule has 28 heavy (non-hydrogen) atoms. The van der Waals surface area contributed by atoms with Crippen LogP contribution in [0.5, 0.6) is 0 Å². The van der Waals surface area contributed by atoms with Gasteiger partial charge in [-0.1, -0.05) is 41.6 Å². The fourth-order valence-electron chi connectivity index (χ4n) is 2.56. The minimum Gasteiger partial charge on any atom is -0.310 e. The number of anilines is 1. The summed E-state index contributed by atoms with van der Waals surface area (Å²) in [6.45, 7) is 0. The normalized spacial score (nSPS) is 10.9. The average molecular weight is 429 g/mol. The summed E-state index contributed by atoms with van der Waals surface area (Å²) in [4.78, 5) is 34.6. The van der Waals surface area contributed by atoms with Crippen molar-refractivity contribution in [1.82, 2.24) is 14.5 Å². The largest absolute Gasteiger partial charge is 0.310 e. The molecule has 140 valence electrons. The Hall–Kier alpha value is -2.68. The van der Waals surface area contributed by atoms with Gasteiger partial charge in [0.25, 0.3) is 5.56 Å². The molecule has 0 bridgehead atoms. The molecule has 0 unspecified atom stereocenters. The summed E-state index contributed by atoms with van der Waals surface area (Å²) in [7, 11) is 0. The topological polar surface area (TPSA) is 76.9 Å². The quantitative estimate of drug-likeness (QED) is 0.380. The van der Waals surface area contributed by atoms with Gasteiger partial charge in [0.15, 0.2) is 5.16 Å². The predicted molar refractivity (Wildman–Crippen MR) is 114 cm³/mol. The van der Waals surface area contributed by atoms with Crippen LogP contribution in [0.3, 0.4) is 0 Å². The number of nitrogens with zero attached hydrogens (tertiary/aromatic N) is 3. The number of carbonyl (C=O) groups is 1. The van der Waals surface area contributed by atoms with Gasteiger partial charge in [-0.15, -0.1) is 11.3 Å². The van der Waals surface area contributed by atoms with Crippen molar-refractivity contribution in [3.8, 4) is 5.69 Å². The van der Waals surface area contributed by atoms with Crippen molar-refractivity contribution in [2.24, 2.45) is 0 Å². The monoisotopic (exact) mass is 428 g/mol. The second-order valence-electron chi connectivity index (χ2n) is 5.71. The van der Waals surface area contributed by atoms with E-state index in [4.69, 9.17) is 11.6 Å². The van der Waals surface area contributed by atoms with Crippen molar-refractivity contribution in [2.75, 3.05) is 11.1 Å². The highest BCUT2D eigenvalue weighted by atomic mass is 35.5. The molecular weight excluding hydrogens is 416 g/mol. The first-order chi connectivity index (χ1) is 13.6. The van der Waals surface area contributed by atoms with Crippen LogP contribution in [0.15, 0.2) is 70.1 Å². The van der Waals surface area contributed by atoms with Gasteiger partial charge < -0.3 is 5.32 Å². The summed E-state index contributed by atoms with van der Waals surface area (Å²) < 4.78 is 1.54. The Labute approximate surface area is 173 Å². The third kappa shape index (κ3) is 3.94. The molecule has 0 aliphatic rings. The zero-order chi connectivity index (χ0) is 19.5. The van der Waals surface area contributed by atoms with Crippen molar-refractivity contribution >= 4 is 56.6 Å². The van der Waals surface area contributed by atoms with E-state index in [1.54, 1.807) is 18.2 Å². The lowest BCUT2D eigenvalue weighted by Crippen LogP contribution is -2.22. The van der Waals surface area contributed by atoms with Gasteiger partial charge in [0.2, 0.25) is 5.91 Å². The van der Waals surface area contributed by atoms with Gasteiger partial charge in [-0.25, -0.2) is 9.97 Å². The molecule has 1 aromatic carbocycles. The van der Waals surface area contributed by atoms with Gasteiger partial charge in [-0.3, -0.25) is 14.2 Å². The summed E-state index contributed by atoms with van der Waals surface area (Å²) in [6.07, 6.45) is 1.46. The van der Waals surface area contributed by atoms with Crippen LogP contribution in [0.25, 0.3) is 15.9 Å². The third-order valence-electron chi connectivity index (χ3n) is 3.81. The molecule has 3 heterocycles. The molecule has 4 aromatic rings. The lowest BCUT2D eigenvalue weighted by molar-refractivity contribution is -0.113. The molecule has 0 saturated carbocycles. The summed E-state index contributed by atoms with van der Waals surface area (Å²) in [6, 6.07) is 14.3. The summed E-state index contributed by atoms with van der Waals surface area (Å²) in [5.41, 5.74) is 0.551. The van der Waals surface area contributed by atoms with Crippen LogP contribution >= 0.6 is 34.7 Å². The van der Waals surface area contributed by atoms with E-state index in [0.29, 0.717) is 31.9 Å². The lowest BCUT2D eigenvalue weighted by atomic mass is 10.3. The van der Waals surface area contributed by atoms with Crippen LogP contribution in [0.1, 0.15) is 0 Å². The second kappa shape index (κ2) is 8.14. The van der Waals surface area contributed by atoms with Crippen LogP contribution < -0.4 is 10.9 Å². The molecule has 0 spiro atoms. The predicted octanol–water partition coefficient (Wildman–Crippen LogP) is 4.23. The number of para-hydroxylation sites is 1. The highest BCUT2D eigenvalue weighted by Gasteiger charge is 2.15. The number of hydrogen-bond acceptors (Lipinski definition) is 6. The van der Waals surface area contributed by atoms with Gasteiger partial charge in [-0.2, -0.15) is 0 Å². The number of benzene rings is 1. The molecule has 1 N–H and O–H groups in total. The Kier molecular flexibility index (Phi) is 5.43. The Balaban J connectivity index is 1.61. The van der Waals surface area contributed by atoms with Crippen molar-refractivity contribution in [2.45, 2.75) is 5.16 Å². The third-order valence-corrected chi connectivity index (χ3v) is 5.78. The van der Waals surface area contributed by atoms with Crippen LogP contribution in [0.4, 0.5) is 5.82 Å². The Morgan fingerprint density at radius 3 is 2.75 bits per heavy atom. The number of pyridine rings is 1. The molecule has 0 fully saturated rings. The van der Waals surface area contributed by atoms with E-state index in [9.17, 15) is 9.59 Å². The molecule has 0 atom stereocenters. The highest BCUT2D eigenvalue weighted by Crippen LogP contribution is 2.24. The van der Waals surface area contributed by atoms with Crippen molar-refractivity contribution in [1.29, 1.82) is 0 Å². The zero-order valence-electron chi connectivity index (χ0n) is 14.3. The van der Waals surface area contributed by atoms with Crippen LogP contribution in [-0.2, 0) is 4.79 Å². The fraction of sp³-hybridized carbons (Fsp3) is 0.0526. The molecular formula is C19H13ClN4O2S2. The smallest absolute Gasteiger partial charge is 0.267 e. The summed E-state index contributed by atoms with van der Waals surface area (Å²) >= 11 is 8.39. The van der Waals surface area contributed by atoms with Crippen LogP contribution in [0.2, 0.25) is 5.02 Å². The number of halogens is 1. The number of aromatic nitrogens is 3. The maximum Gasteiger partial charge on any atom is 0.267 e. The fourth-order valence-corrected chi connectivity index (χ4v) is 4.28. The standard InChI is InChI=1S/C19H13ClN4O2S2/c20-12-6-7-15(21-10-12)22-16(25)11-28-19-23-17-14(8-9-27-17)18(26)24(19)13-4-2-1-3-5-13/h1-10H,11H2,(H,21,22,25). The molecule has 3 aromatic heterocycles. The first-order valence-corrected chi connectivity index (χ1v) is 10.5. The molecule has 1 amide bonds. The van der Waals surface area contributed by atoms with Crippen LogP contribution in [-0.4, -0.2) is 26.2 Å². The maximum absolute atomic E-state index is 13.0. The number of rotatable bonds is 5. The number of thioether (sulfide) groups is 1. The maximum atomic E-state index is 13.0. The van der Waals surface area contributed by atoms with Gasteiger partial charge in [0, 0.05) is 6.20 Å². The minimum absolute atomic E-state index is 0.0838. The van der Waals surface area contributed by atoms with Crippen molar-refractivity contribution in [3.63, 3.8) is 0 Å². The summed E-state index contributed by atoms with van der Waals surface area (Å²) in [5.74, 6) is 0.248. The van der Waals surface area contributed by atoms with Gasteiger partial charge in [-0.05, 0) is 35.7 Å². The first-order valence-electron chi connectivity index (χ1n) is 8.22. The van der Waals surface area contributed by atoms with Crippen molar-refractivity contribution in [3.05, 3.63) is 75.5 Å². The molecule has 0 radical (unpaired) electrons. The van der Waals surface area contributed by atoms with E-state index in [2.05, 4.69) is 15.3 Å². The number of amides is 1. The molecule has 9 heteroatoms. The Bertz CT molecular complexity index is 1190. The highest BCUT2D eigenvalue weighted by molar-refractivity contribution is 7.99. The van der Waals surface area contributed by atoms with E-state index in [-0.39, 0.29) is 17.2 Å². The Morgan fingerprint density at radius 1 is 1.18 bits per heavy atom. The number of fused-ring (bicyclic) bond motifs is 1. The molecule has 0 saturated heterocycles. The van der Waals surface area contributed by atoms with Crippen molar-refractivity contribution < 1.29 is 4.79 Å². The zero-order valence-corrected chi connectivity index (χ0v) is 16.7. The summed E-state index contributed by atoms with van der Waals surface area (Å²) in [5, 5.41) is 6.06. The Morgan fingerprint density at radius 2 is 2.00 bits per heavy atom. The number of hydrogen-bond donors (Lipinski definition) is 1. The molecule has 6 nitrogen and oxygen atoms in total. The second-order valence-corrected chi connectivity index (χ2v) is 7.98. The van der Waals surface area contributed by atoms with Gasteiger partial charge in [0.05, 0.1) is 21.8 Å². The van der Waals surface area contributed by atoms with E-state index in [1.807, 2.05) is 35.7 Å². The van der Waals surface area contributed by atoms with E-state index >= 15 is 0 Å². The SMILES string of the molecule is O=C(CSc1nc2sccc2c(=O)n1-c1ccccc1)Nc1ccc(Cl)cn1. The number of nitrogens with one attached hydrogen (secondary N) is 1. The molecule has 4 rings (SSSR count). The average Bonchev–Trinajstić information content (AvgIpc) is 3.18.